The summed E-state index contributed by atoms with van der Waals surface area (Å²) in [6, 6.07) is 10.9. The molecule has 3 aliphatic heterocycles. The average molecular weight is 401 g/mol. The molecule has 1 aromatic rings. The molecule has 0 aliphatic carbocycles. The van der Waals surface area contributed by atoms with Crippen LogP contribution in [0.1, 0.15) is 39.5 Å². The monoisotopic (exact) mass is 400 g/mol. The average Bonchev–Trinajstić information content (AvgIpc) is 2.79. The van der Waals surface area contributed by atoms with Gasteiger partial charge in [-0.3, -0.25) is 0 Å². The van der Waals surface area contributed by atoms with Crippen LogP contribution in [0.15, 0.2) is 30.3 Å². The Hall–Kier alpha value is -1.10. The van der Waals surface area contributed by atoms with Crippen LogP contribution in [0, 0.1) is 11.8 Å². The molecule has 4 heteroatoms. The molecule has 4 nitrogen and oxygen atoms in total. The van der Waals surface area contributed by atoms with Crippen LogP contribution < -0.4 is 4.90 Å². The third-order valence-corrected chi connectivity index (χ3v) is 7.07. The second-order valence-corrected chi connectivity index (χ2v) is 9.11. The number of piperidine rings is 2. The van der Waals surface area contributed by atoms with Crippen LogP contribution >= 0.6 is 0 Å². The standard InChI is InChI=1S/C23H38N4.C2H6/c1-24-11-7-21(8-12-24)19-25-15-17-26(18-16-25)20-22-9-13-27(14-10-22)23-5-3-2-4-6-23;1-2/h2-6,21-22H,7-20H2,1H3;1-2H3. The van der Waals surface area contributed by atoms with Crippen LogP contribution in [0.5, 0.6) is 0 Å². The summed E-state index contributed by atoms with van der Waals surface area (Å²) in [5, 5.41) is 0. The predicted octanol–water partition coefficient (Wildman–Crippen LogP) is 3.89. The molecule has 0 aromatic heterocycles. The van der Waals surface area contributed by atoms with Gasteiger partial charge in [0.1, 0.15) is 0 Å². The summed E-state index contributed by atoms with van der Waals surface area (Å²) in [6.07, 6.45) is 5.50. The molecular formula is C25H44N4. The van der Waals surface area contributed by atoms with E-state index in [2.05, 4.69) is 57.0 Å². The highest BCUT2D eigenvalue weighted by Crippen LogP contribution is 2.24. The van der Waals surface area contributed by atoms with Gasteiger partial charge in [0, 0.05) is 58.0 Å². The Morgan fingerprint density at radius 2 is 1.10 bits per heavy atom. The van der Waals surface area contributed by atoms with Crippen LogP contribution in [-0.4, -0.2) is 87.2 Å². The van der Waals surface area contributed by atoms with E-state index in [4.69, 9.17) is 0 Å². The van der Waals surface area contributed by atoms with Crippen molar-refractivity contribution < 1.29 is 0 Å². The van der Waals surface area contributed by atoms with Crippen molar-refractivity contribution in [2.24, 2.45) is 11.8 Å². The van der Waals surface area contributed by atoms with Crippen molar-refractivity contribution in [3.8, 4) is 0 Å². The lowest BCUT2D eigenvalue weighted by Crippen LogP contribution is -2.50. The minimum absolute atomic E-state index is 0.894. The molecule has 3 heterocycles. The van der Waals surface area contributed by atoms with Gasteiger partial charge >= 0.3 is 0 Å². The van der Waals surface area contributed by atoms with Gasteiger partial charge in [0.05, 0.1) is 0 Å². The van der Waals surface area contributed by atoms with Gasteiger partial charge in [-0.2, -0.15) is 0 Å². The van der Waals surface area contributed by atoms with Crippen molar-refractivity contribution >= 4 is 5.69 Å². The Bertz CT molecular complexity index is 539. The lowest BCUT2D eigenvalue weighted by Gasteiger charge is -2.41. The highest BCUT2D eigenvalue weighted by atomic mass is 15.3. The van der Waals surface area contributed by atoms with Crippen LogP contribution in [0.4, 0.5) is 5.69 Å². The molecule has 3 aliphatic rings. The summed E-state index contributed by atoms with van der Waals surface area (Å²) >= 11 is 0. The van der Waals surface area contributed by atoms with Gasteiger partial charge < -0.3 is 19.6 Å². The van der Waals surface area contributed by atoms with Crippen LogP contribution in [0.3, 0.4) is 0 Å². The Morgan fingerprint density at radius 3 is 1.59 bits per heavy atom. The Balaban J connectivity index is 0.00000117. The second-order valence-electron chi connectivity index (χ2n) is 9.11. The highest BCUT2D eigenvalue weighted by molar-refractivity contribution is 5.46. The summed E-state index contributed by atoms with van der Waals surface area (Å²) in [6.45, 7) is 16.9. The minimum Gasteiger partial charge on any atom is -0.372 e. The predicted molar refractivity (Wildman–Crippen MR) is 126 cm³/mol. The molecule has 29 heavy (non-hydrogen) atoms. The zero-order valence-corrected chi connectivity index (χ0v) is 19.2. The van der Waals surface area contributed by atoms with Crippen LogP contribution in [0.2, 0.25) is 0 Å². The van der Waals surface area contributed by atoms with Crippen molar-refractivity contribution in [3.05, 3.63) is 30.3 Å². The number of benzene rings is 1. The number of likely N-dealkylation sites (tertiary alicyclic amines) is 1. The first kappa shape index (κ1) is 22.6. The van der Waals surface area contributed by atoms with E-state index < -0.39 is 0 Å². The minimum atomic E-state index is 0.894. The molecule has 0 saturated carbocycles. The van der Waals surface area contributed by atoms with E-state index in [1.807, 2.05) is 13.8 Å². The van der Waals surface area contributed by atoms with E-state index in [1.54, 1.807) is 0 Å². The highest BCUT2D eigenvalue weighted by Gasteiger charge is 2.25. The van der Waals surface area contributed by atoms with Gasteiger partial charge in [0.15, 0.2) is 0 Å². The van der Waals surface area contributed by atoms with E-state index in [-0.39, 0.29) is 0 Å². The third kappa shape index (κ3) is 6.97. The van der Waals surface area contributed by atoms with Crippen molar-refractivity contribution in [1.82, 2.24) is 14.7 Å². The lowest BCUT2D eigenvalue weighted by atomic mass is 9.95. The summed E-state index contributed by atoms with van der Waals surface area (Å²) in [7, 11) is 2.26. The molecule has 0 unspecified atom stereocenters. The fourth-order valence-electron chi connectivity index (χ4n) is 5.14. The largest absolute Gasteiger partial charge is 0.372 e. The summed E-state index contributed by atoms with van der Waals surface area (Å²) in [5.74, 6) is 1.83. The molecule has 0 radical (unpaired) electrons. The van der Waals surface area contributed by atoms with Gasteiger partial charge in [-0.25, -0.2) is 0 Å². The molecule has 3 fully saturated rings. The number of hydrogen-bond donors (Lipinski definition) is 0. The SMILES string of the molecule is CC.CN1CCC(CN2CCN(CC3CCN(c4ccccc4)CC3)CC2)CC1. The smallest absolute Gasteiger partial charge is 0.0366 e. The number of piperazine rings is 1. The van der Waals surface area contributed by atoms with Gasteiger partial charge in [-0.15, -0.1) is 0 Å². The molecular weight excluding hydrogens is 356 g/mol. The topological polar surface area (TPSA) is 13.0 Å². The van der Waals surface area contributed by atoms with E-state index in [0.29, 0.717) is 0 Å². The molecule has 1 aromatic carbocycles. The number of hydrogen-bond acceptors (Lipinski definition) is 4. The quantitative estimate of drug-likeness (QED) is 0.743. The fraction of sp³-hybridized carbons (Fsp3) is 0.760. The van der Waals surface area contributed by atoms with Crippen molar-refractivity contribution in [2.45, 2.75) is 39.5 Å². The molecule has 0 N–H and O–H groups in total. The summed E-state index contributed by atoms with van der Waals surface area (Å²) in [4.78, 5) is 10.5. The molecule has 4 rings (SSSR count). The van der Waals surface area contributed by atoms with Gasteiger partial charge in [-0.1, -0.05) is 32.0 Å². The fourth-order valence-corrected chi connectivity index (χ4v) is 5.14. The van der Waals surface area contributed by atoms with Gasteiger partial charge in [0.2, 0.25) is 0 Å². The number of rotatable bonds is 5. The Kier molecular flexibility index (Phi) is 9.29. The van der Waals surface area contributed by atoms with Crippen molar-refractivity contribution in [2.75, 3.05) is 77.4 Å². The molecule has 0 spiro atoms. The first-order chi connectivity index (χ1) is 14.3. The molecule has 164 valence electrons. The number of para-hydroxylation sites is 1. The molecule has 3 saturated heterocycles. The maximum Gasteiger partial charge on any atom is 0.0366 e. The first-order valence-electron chi connectivity index (χ1n) is 12.2. The van der Waals surface area contributed by atoms with Crippen LogP contribution in [0.25, 0.3) is 0 Å². The maximum atomic E-state index is 2.74. The van der Waals surface area contributed by atoms with Crippen molar-refractivity contribution in [3.63, 3.8) is 0 Å². The second kappa shape index (κ2) is 11.9. The van der Waals surface area contributed by atoms with Gasteiger partial charge in [-0.05, 0) is 69.8 Å². The maximum absolute atomic E-state index is 2.74. The number of nitrogens with zero attached hydrogens (tertiary/aromatic N) is 4. The summed E-state index contributed by atoms with van der Waals surface area (Å²) < 4.78 is 0. The summed E-state index contributed by atoms with van der Waals surface area (Å²) in [5.41, 5.74) is 1.40. The normalized spacial score (nSPS) is 23.6. The van der Waals surface area contributed by atoms with E-state index >= 15 is 0 Å². The molecule has 0 amide bonds. The zero-order chi connectivity index (χ0) is 20.5. The van der Waals surface area contributed by atoms with E-state index in [9.17, 15) is 0 Å². The number of anilines is 1. The van der Waals surface area contributed by atoms with Crippen molar-refractivity contribution in [1.29, 1.82) is 0 Å². The third-order valence-electron chi connectivity index (χ3n) is 7.07. The first-order valence-corrected chi connectivity index (χ1v) is 12.2. The zero-order valence-electron chi connectivity index (χ0n) is 19.2. The van der Waals surface area contributed by atoms with Gasteiger partial charge in [0.25, 0.3) is 0 Å². The van der Waals surface area contributed by atoms with E-state index in [1.165, 1.54) is 96.8 Å². The molecule has 0 bridgehead atoms. The Morgan fingerprint density at radius 1 is 0.655 bits per heavy atom. The lowest BCUT2D eigenvalue weighted by molar-refractivity contribution is 0.0881. The van der Waals surface area contributed by atoms with Crippen LogP contribution in [-0.2, 0) is 0 Å². The molecule has 0 atom stereocenters. The Labute approximate surface area is 179 Å². The van der Waals surface area contributed by atoms with E-state index in [0.717, 1.165) is 11.8 Å².